The maximum atomic E-state index is 12.1. The smallest absolute Gasteiger partial charge is 0.225 e. The first-order chi connectivity index (χ1) is 10.8. The van der Waals surface area contributed by atoms with E-state index in [1.165, 1.54) is 11.1 Å². The molecule has 1 amide bonds. The van der Waals surface area contributed by atoms with E-state index in [-0.39, 0.29) is 0 Å². The number of benzene rings is 1. The molecule has 0 N–H and O–H groups in total. The minimum Gasteiger partial charge on any atom is -0.493 e. The summed E-state index contributed by atoms with van der Waals surface area (Å²) in [6.07, 6.45) is 4.36. The lowest BCUT2D eigenvalue weighted by Crippen LogP contribution is -2.49. The molecule has 1 aromatic rings. The number of piperazine rings is 1. The van der Waals surface area contributed by atoms with E-state index in [2.05, 4.69) is 28.0 Å². The van der Waals surface area contributed by atoms with Gasteiger partial charge in [0.05, 0.1) is 6.61 Å². The van der Waals surface area contributed by atoms with Gasteiger partial charge in [0.2, 0.25) is 5.91 Å². The zero-order valence-electron chi connectivity index (χ0n) is 13.1. The Bertz CT molecular complexity index is 560. The molecule has 1 aliphatic carbocycles. The first-order valence-electron chi connectivity index (χ1n) is 8.55. The highest BCUT2D eigenvalue weighted by Gasteiger charge is 2.34. The number of amides is 1. The van der Waals surface area contributed by atoms with Crippen molar-refractivity contribution in [1.82, 2.24) is 9.80 Å². The van der Waals surface area contributed by atoms with Crippen molar-refractivity contribution in [3.63, 3.8) is 0 Å². The van der Waals surface area contributed by atoms with Crippen molar-refractivity contribution in [3.05, 3.63) is 29.3 Å². The van der Waals surface area contributed by atoms with Crippen molar-refractivity contribution in [3.8, 4) is 5.75 Å². The maximum Gasteiger partial charge on any atom is 0.225 e. The molecule has 22 heavy (non-hydrogen) atoms. The van der Waals surface area contributed by atoms with Gasteiger partial charge in [-0.05, 0) is 36.5 Å². The Morgan fingerprint density at radius 1 is 1.18 bits per heavy atom. The SMILES string of the molecule is O=C(C1CC1)N1CCN(CCc2ccc3c(c2)CCO3)CC1. The van der Waals surface area contributed by atoms with Gasteiger partial charge in [0, 0.05) is 45.1 Å². The van der Waals surface area contributed by atoms with Crippen LogP contribution < -0.4 is 4.74 Å². The highest BCUT2D eigenvalue weighted by molar-refractivity contribution is 5.81. The normalized spacial score (nSPS) is 21.5. The zero-order valence-corrected chi connectivity index (χ0v) is 13.1. The Morgan fingerprint density at radius 2 is 2.00 bits per heavy atom. The van der Waals surface area contributed by atoms with Gasteiger partial charge in [0.1, 0.15) is 5.75 Å². The molecule has 0 unspecified atom stereocenters. The van der Waals surface area contributed by atoms with Crippen LogP contribution in [0.1, 0.15) is 24.0 Å². The standard InChI is InChI=1S/C18H24N2O2/c21-18(15-2-3-15)20-10-8-19(9-11-20)7-5-14-1-4-17-16(13-14)6-12-22-17/h1,4,13,15H,2-3,5-12H2. The number of hydrogen-bond donors (Lipinski definition) is 0. The second-order valence-electron chi connectivity index (χ2n) is 6.73. The number of hydrogen-bond acceptors (Lipinski definition) is 3. The van der Waals surface area contributed by atoms with Crippen molar-refractivity contribution in [2.45, 2.75) is 25.7 Å². The topological polar surface area (TPSA) is 32.8 Å². The number of fused-ring (bicyclic) bond motifs is 1. The van der Waals surface area contributed by atoms with Crippen LogP contribution in [-0.4, -0.2) is 55.0 Å². The largest absolute Gasteiger partial charge is 0.493 e. The van der Waals surface area contributed by atoms with Crippen LogP contribution in [0.15, 0.2) is 18.2 Å². The fraction of sp³-hybridized carbons (Fsp3) is 0.611. The molecule has 0 bridgehead atoms. The molecule has 4 nitrogen and oxygen atoms in total. The Kier molecular flexibility index (Phi) is 3.78. The van der Waals surface area contributed by atoms with Crippen molar-refractivity contribution in [1.29, 1.82) is 0 Å². The number of ether oxygens (including phenoxy) is 1. The van der Waals surface area contributed by atoms with Crippen LogP contribution >= 0.6 is 0 Å². The average Bonchev–Trinajstić information content (AvgIpc) is 3.30. The third kappa shape index (κ3) is 2.98. The molecule has 2 fully saturated rings. The molecule has 118 valence electrons. The van der Waals surface area contributed by atoms with Crippen molar-refractivity contribution in [2.75, 3.05) is 39.3 Å². The molecule has 1 saturated carbocycles. The van der Waals surface area contributed by atoms with Crippen LogP contribution in [0.4, 0.5) is 0 Å². The zero-order chi connectivity index (χ0) is 14.9. The van der Waals surface area contributed by atoms with E-state index in [0.717, 1.165) is 70.8 Å². The summed E-state index contributed by atoms with van der Waals surface area (Å²) in [5, 5.41) is 0. The summed E-state index contributed by atoms with van der Waals surface area (Å²) >= 11 is 0. The molecule has 1 saturated heterocycles. The van der Waals surface area contributed by atoms with E-state index in [1.807, 2.05) is 0 Å². The monoisotopic (exact) mass is 300 g/mol. The molecule has 0 aromatic heterocycles. The predicted molar refractivity (Wildman–Crippen MR) is 85.1 cm³/mol. The second kappa shape index (κ2) is 5.92. The van der Waals surface area contributed by atoms with Crippen molar-refractivity contribution >= 4 is 5.91 Å². The van der Waals surface area contributed by atoms with Crippen molar-refractivity contribution in [2.24, 2.45) is 5.92 Å². The summed E-state index contributed by atoms with van der Waals surface area (Å²) in [5.74, 6) is 1.83. The first kappa shape index (κ1) is 14.1. The Morgan fingerprint density at radius 3 is 2.77 bits per heavy atom. The van der Waals surface area contributed by atoms with Crippen LogP contribution in [0.2, 0.25) is 0 Å². The van der Waals surface area contributed by atoms with Crippen molar-refractivity contribution < 1.29 is 9.53 Å². The van der Waals surface area contributed by atoms with Gasteiger partial charge in [-0.2, -0.15) is 0 Å². The molecule has 0 radical (unpaired) electrons. The summed E-state index contributed by atoms with van der Waals surface area (Å²) in [7, 11) is 0. The van der Waals surface area contributed by atoms with Crippen LogP contribution in [0.3, 0.4) is 0 Å². The molecule has 3 aliphatic rings. The Balaban J connectivity index is 1.25. The van der Waals surface area contributed by atoms with E-state index >= 15 is 0 Å². The van der Waals surface area contributed by atoms with E-state index in [4.69, 9.17) is 4.74 Å². The van der Waals surface area contributed by atoms with Gasteiger partial charge in [0.15, 0.2) is 0 Å². The van der Waals surface area contributed by atoms with Gasteiger partial charge >= 0.3 is 0 Å². The van der Waals surface area contributed by atoms with Crippen LogP contribution in [0.25, 0.3) is 0 Å². The summed E-state index contributed by atoms with van der Waals surface area (Å²) in [5.41, 5.74) is 2.76. The fourth-order valence-corrected chi connectivity index (χ4v) is 3.46. The molecule has 1 aromatic carbocycles. The number of rotatable bonds is 4. The minimum atomic E-state index is 0.361. The van der Waals surface area contributed by atoms with Gasteiger partial charge < -0.3 is 9.64 Å². The van der Waals surface area contributed by atoms with E-state index < -0.39 is 0 Å². The van der Waals surface area contributed by atoms with Gasteiger partial charge in [-0.1, -0.05) is 12.1 Å². The molecular weight excluding hydrogens is 276 g/mol. The second-order valence-corrected chi connectivity index (χ2v) is 6.73. The molecule has 2 aliphatic heterocycles. The summed E-state index contributed by atoms with van der Waals surface area (Å²) in [6.45, 7) is 5.78. The fourth-order valence-electron chi connectivity index (χ4n) is 3.46. The lowest BCUT2D eigenvalue weighted by Gasteiger charge is -2.34. The Hall–Kier alpha value is -1.55. The van der Waals surface area contributed by atoms with Crippen LogP contribution in [0.5, 0.6) is 5.75 Å². The lowest BCUT2D eigenvalue weighted by molar-refractivity contribution is -0.134. The summed E-state index contributed by atoms with van der Waals surface area (Å²) < 4.78 is 5.56. The highest BCUT2D eigenvalue weighted by atomic mass is 16.5. The molecular formula is C18H24N2O2. The van der Waals surface area contributed by atoms with Gasteiger partial charge in [-0.15, -0.1) is 0 Å². The van der Waals surface area contributed by atoms with Gasteiger partial charge in [0.25, 0.3) is 0 Å². The maximum absolute atomic E-state index is 12.1. The molecule has 4 heteroatoms. The summed E-state index contributed by atoms with van der Waals surface area (Å²) in [6, 6.07) is 6.61. The third-order valence-corrected chi connectivity index (χ3v) is 5.08. The Labute approximate surface area is 132 Å². The molecule has 0 spiro atoms. The summed E-state index contributed by atoms with van der Waals surface area (Å²) in [4.78, 5) is 16.6. The first-order valence-corrected chi connectivity index (χ1v) is 8.55. The number of nitrogens with zero attached hydrogens (tertiary/aromatic N) is 2. The van der Waals surface area contributed by atoms with Gasteiger partial charge in [-0.25, -0.2) is 0 Å². The van der Waals surface area contributed by atoms with E-state index in [1.54, 1.807) is 0 Å². The average molecular weight is 300 g/mol. The van der Waals surface area contributed by atoms with Gasteiger partial charge in [-0.3, -0.25) is 9.69 Å². The van der Waals surface area contributed by atoms with E-state index in [0.29, 0.717) is 11.8 Å². The van der Waals surface area contributed by atoms with Crippen LogP contribution in [0, 0.1) is 5.92 Å². The quantitative estimate of drug-likeness (QED) is 0.849. The number of carbonyl (C=O) groups excluding carboxylic acids is 1. The molecule has 0 atom stereocenters. The molecule has 4 rings (SSSR count). The third-order valence-electron chi connectivity index (χ3n) is 5.08. The molecule has 2 heterocycles. The highest BCUT2D eigenvalue weighted by Crippen LogP contribution is 2.31. The number of carbonyl (C=O) groups is 1. The minimum absolute atomic E-state index is 0.361. The van der Waals surface area contributed by atoms with E-state index in [9.17, 15) is 4.79 Å². The van der Waals surface area contributed by atoms with Crippen LogP contribution in [-0.2, 0) is 17.6 Å². The predicted octanol–water partition coefficient (Wildman–Crippen LogP) is 1.72. The lowest BCUT2D eigenvalue weighted by atomic mass is 10.1.